The minimum Gasteiger partial charge on any atom is -0.384 e. The summed E-state index contributed by atoms with van der Waals surface area (Å²) >= 11 is 3.50. The first-order valence-electron chi connectivity index (χ1n) is 6.57. The second-order valence-corrected chi connectivity index (χ2v) is 5.91. The molecule has 0 saturated carbocycles. The second-order valence-electron chi connectivity index (χ2n) is 4.62. The first-order valence-corrected chi connectivity index (χ1v) is 7.49. The predicted molar refractivity (Wildman–Crippen MR) is 81.7 cm³/mol. The fourth-order valence-electron chi connectivity index (χ4n) is 1.86. The van der Waals surface area contributed by atoms with Crippen molar-refractivity contribution >= 4 is 21.8 Å². The first-order chi connectivity index (χ1) is 9.13. The number of nitrogens with one attached hydrogen (secondary N) is 1. The van der Waals surface area contributed by atoms with Gasteiger partial charge >= 0.3 is 0 Å². The molecule has 106 valence electrons. The molecule has 0 aromatic heterocycles. The third-order valence-corrected chi connectivity index (χ3v) is 3.73. The molecule has 1 unspecified atom stereocenters. The molecular weight excluding hydrogens is 306 g/mol. The zero-order chi connectivity index (χ0) is 14.1. The first kappa shape index (κ1) is 16.2. The quantitative estimate of drug-likeness (QED) is 0.745. The summed E-state index contributed by atoms with van der Waals surface area (Å²) in [6, 6.07) is 8.19. The molecule has 1 aromatic carbocycles. The van der Waals surface area contributed by atoms with Gasteiger partial charge in [0.1, 0.15) is 0 Å². The lowest BCUT2D eigenvalue weighted by atomic mass is 10.0. The van der Waals surface area contributed by atoms with E-state index in [4.69, 9.17) is 4.74 Å². The summed E-state index contributed by atoms with van der Waals surface area (Å²) in [6.07, 6.45) is 2.22. The van der Waals surface area contributed by atoms with Gasteiger partial charge in [0.05, 0.1) is 6.61 Å². The number of hydrogen-bond donors (Lipinski definition) is 1. The van der Waals surface area contributed by atoms with E-state index in [0.29, 0.717) is 24.4 Å². The largest absolute Gasteiger partial charge is 0.384 e. The van der Waals surface area contributed by atoms with Crippen molar-refractivity contribution in [3.63, 3.8) is 0 Å². The van der Waals surface area contributed by atoms with Crippen LogP contribution in [-0.2, 0) is 16.0 Å². The molecule has 4 heteroatoms. The van der Waals surface area contributed by atoms with Crippen LogP contribution in [0.4, 0.5) is 0 Å². The summed E-state index contributed by atoms with van der Waals surface area (Å²) in [7, 11) is 1.68. The fraction of sp³-hybridized carbons (Fsp3) is 0.533. The van der Waals surface area contributed by atoms with Crippen molar-refractivity contribution in [2.75, 3.05) is 20.3 Å². The summed E-state index contributed by atoms with van der Waals surface area (Å²) in [5.74, 6) is 0.111. The van der Waals surface area contributed by atoms with Gasteiger partial charge in [0.15, 0.2) is 0 Å². The normalized spacial score (nSPS) is 12.2. The van der Waals surface area contributed by atoms with Crippen molar-refractivity contribution in [2.24, 2.45) is 0 Å². The van der Waals surface area contributed by atoms with E-state index in [-0.39, 0.29) is 5.91 Å². The van der Waals surface area contributed by atoms with Crippen molar-refractivity contribution in [3.05, 3.63) is 35.4 Å². The third-order valence-electron chi connectivity index (χ3n) is 3.01. The van der Waals surface area contributed by atoms with Crippen molar-refractivity contribution < 1.29 is 9.53 Å². The summed E-state index contributed by atoms with van der Waals surface area (Å²) < 4.78 is 5.02. The molecule has 0 bridgehead atoms. The molecule has 19 heavy (non-hydrogen) atoms. The summed E-state index contributed by atoms with van der Waals surface area (Å²) in [5.41, 5.74) is 2.49. The lowest BCUT2D eigenvalue weighted by molar-refractivity contribution is -0.121. The molecule has 1 aromatic rings. The Morgan fingerprint density at radius 3 is 2.84 bits per heavy atom. The Bertz CT molecular complexity index is 395. The van der Waals surface area contributed by atoms with Crippen LogP contribution in [0.25, 0.3) is 0 Å². The molecule has 0 spiro atoms. The standard InChI is InChI=1S/C15H22BrNO2/c1-12-5-3-4-6-13(12)7-8-15(18)17-10-9-14(16)11-19-2/h3-6,14H,7-11H2,1-2H3,(H,17,18). The Kier molecular flexibility index (Phi) is 7.75. The second kappa shape index (κ2) is 9.10. The molecule has 1 rings (SSSR count). The lowest BCUT2D eigenvalue weighted by Crippen LogP contribution is -2.27. The van der Waals surface area contributed by atoms with Gasteiger partial charge in [0.25, 0.3) is 0 Å². The van der Waals surface area contributed by atoms with Gasteiger partial charge in [-0.2, -0.15) is 0 Å². The maximum absolute atomic E-state index is 11.7. The SMILES string of the molecule is COCC(Br)CCNC(=O)CCc1ccccc1C. The molecule has 0 aliphatic carbocycles. The molecule has 0 aliphatic heterocycles. The summed E-state index contributed by atoms with van der Waals surface area (Å²) in [4.78, 5) is 12.0. The number of alkyl halides is 1. The van der Waals surface area contributed by atoms with Gasteiger partial charge in [-0.25, -0.2) is 0 Å². The Morgan fingerprint density at radius 1 is 1.42 bits per heavy atom. The highest BCUT2D eigenvalue weighted by atomic mass is 79.9. The highest BCUT2D eigenvalue weighted by Crippen LogP contribution is 2.09. The summed E-state index contributed by atoms with van der Waals surface area (Å²) in [6.45, 7) is 3.43. The molecule has 3 nitrogen and oxygen atoms in total. The Hall–Kier alpha value is -0.870. The van der Waals surface area contributed by atoms with E-state index in [1.165, 1.54) is 11.1 Å². The van der Waals surface area contributed by atoms with Crippen LogP contribution >= 0.6 is 15.9 Å². The van der Waals surface area contributed by atoms with E-state index in [1.807, 2.05) is 12.1 Å². The number of aryl methyl sites for hydroxylation is 2. The molecule has 0 aliphatic rings. The Labute approximate surface area is 123 Å². The molecule has 1 N–H and O–H groups in total. The number of rotatable bonds is 8. The number of ether oxygens (including phenoxy) is 1. The van der Waals surface area contributed by atoms with Crippen LogP contribution in [0.3, 0.4) is 0 Å². The molecule has 0 fully saturated rings. The number of carbonyl (C=O) groups excluding carboxylic acids is 1. The number of carbonyl (C=O) groups is 1. The van der Waals surface area contributed by atoms with Gasteiger partial charge in [0, 0.05) is 24.9 Å². The van der Waals surface area contributed by atoms with Crippen molar-refractivity contribution in [1.82, 2.24) is 5.32 Å². The van der Waals surface area contributed by atoms with Crippen LogP contribution < -0.4 is 5.32 Å². The minimum atomic E-state index is 0.111. The van der Waals surface area contributed by atoms with Crippen molar-refractivity contribution in [2.45, 2.75) is 31.0 Å². The van der Waals surface area contributed by atoms with Gasteiger partial charge in [-0.3, -0.25) is 4.79 Å². The van der Waals surface area contributed by atoms with Crippen LogP contribution in [0.5, 0.6) is 0 Å². The van der Waals surface area contributed by atoms with Crippen LogP contribution in [0.2, 0.25) is 0 Å². The highest BCUT2D eigenvalue weighted by Gasteiger charge is 2.06. The van der Waals surface area contributed by atoms with Crippen LogP contribution in [0.1, 0.15) is 24.0 Å². The molecule has 0 radical (unpaired) electrons. The zero-order valence-electron chi connectivity index (χ0n) is 11.6. The lowest BCUT2D eigenvalue weighted by Gasteiger charge is -2.10. The Balaban J connectivity index is 2.20. The van der Waals surface area contributed by atoms with Gasteiger partial charge in [-0.1, -0.05) is 40.2 Å². The molecule has 0 heterocycles. The Morgan fingerprint density at radius 2 is 2.16 bits per heavy atom. The van der Waals surface area contributed by atoms with Gasteiger partial charge in [0.2, 0.25) is 5.91 Å². The molecular formula is C15H22BrNO2. The average molecular weight is 328 g/mol. The molecule has 0 saturated heterocycles. The van der Waals surface area contributed by atoms with Gasteiger partial charge in [-0.05, 0) is 30.9 Å². The van der Waals surface area contributed by atoms with E-state index >= 15 is 0 Å². The van der Waals surface area contributed by atoms with E-state index in [0.717, 1.165) is 12.8 Å². The number of hydrogen-bond acceptors (Lipinski definition) is 2. The van der Waals surface area contributed by atoms with Crippen LogP contribution in [0.15, 0.2) is 24.3 Å². The number of methoxy groups -OCH3 is 1. The third kappa shape index (κ3) is 6.73. The van der Waals surface area contributed by atoms with Crippen LogP contribution in [0, 0.1) is 6.92 Å². The maximum atomic E-state index is 11.7. The maximum Gasteiger partial charge on any atom is 0.220 e. The van der Waals surface area contributed by atoms with E-state index in [9.17, 15) is 4.79 Å². The summed E-state index contributed by atoms with van der Waals surface area (Å²) in [5, 5.41) is 2.94. The number of amides is 1. The molecule has 1 amide bonds. The zero-order valence-corrected chi connectivity index (χ0v) is 13.2. The minimum absolute atomic E-state index is 0.111. The average Bonchev–Trinajstić information content (AvgIpc) is 2.38. The molecule has 1 atom stereocenters. The van der Waals surface area contributed by atoms with E-state index < -0.39 is 0 Å². The smallest absolute Gasteiger partial charge is 0.220 e. The topological polar surface area (TPSA) is 38.3 Å². The van der Waals surface area contributed by atoms with Crippen molar-refractivity contribution in [3.8, 4) is 0 Å². The van der Waals surface area contributed by atoms with Gasteiger partial charge in [-0.15, -0.1) is 0 Å². The highest BCUT2D eigenvalue weighted by molar-refractivity contribution is 9.09. The van der Waals surface area contributed by atoms with Crippen LogP contribution in [-0.4, -0.2) is 31.0 Å². The van der Waals surface area contributed by atoms with Crippen molar-refractivity contribution in [1.29, 1.82) is 0 Å². The van der Waals surface area contributed by atoms with E-state index in [2.05, 4.69) is 40.3 Å². The monoisotopic (exact) mass is 327 g/mol. The number of halogens is 1. The number of benzene rings is 1. The van der Waals surface area contributed by atoms with E-state index in [1.54, 1.807) is 7.11 Å². The predicted octanol–water partition coefficient (Wildman–Crippen LogP) is 2.84. The van der Waals surface area contributed by atoms with Gasteiger partial charge < -0.3 is 10.1 Å². The fourth-order valence-corrected chi connectivity index (χ4v) is 2.35.